The van der Waals surface area contributed by atoms with E-state index in [0.29, 0.717) is 11.1 Å². The maximum Gasteiger partial charge on any atom is 0.341 e. The normalized spacial score (nSPS) is 12.5. The Kier molecular flexibility index (Phi) is 11.2. The Morgan fingerprint density at radius 1 is 1.02 bits per heavy atom. The molecule has 0 spiro atoms. The topological polar surface area (TPSA) is 197 Å². The van der Waals surface area contributed by atoms with E-state index in [1.165, 1.54) is 13.1 Å². The maximum atomic E-state index is 13.4. The first-order chi connectivity index (χ1) is 20.4. The minimum atomic E-state index is -1.75. The highest BCUT2D eigenvalue weighted by molar-refractivity contribution is 6.04. The van der Waals surface area contributed by atoms with E-state index in [-0.39, 0.29) is 36.9 Å². The number of hydrogen-bond acceptors (Lipinski definition) is 11. The van der Waals surface area contributed by atoms with Crippen LogP contribution in [0.4, 0.5) is 0 Å². The second-order valence-electron chi connectivity index (χ2n) is 10.5. The van der Waals surface area contributed by atoms with Crippen LogP contribution in [0.1, 0.15) is 55.6 Å². The van der Waals surface area contributed by atoms with Crippen LogP contribution in [0, 0.1) is 0 Å². The predicted molar refractivity (Wildman–Crippen MR) is 153 cm³/mol. The fraction of sp³-hybridized carbons (Fsp3) is 0.379. The summed E-state index contributed by atoms with van der Waals surface area (Å²) in [7, 11) is 1.50. The number of carbonyl (C=O) groups is 5. The molecule has 3 aromatic rings. The molecule has 228 valence electrons. The third-order valence-corrected chi connectivity index (χ3v) is 5.85. The zero-order valence-electron chi connectivity index (χ0n) is 24.4. The molecule has 0 aliphatic heterocycles. The lowest BCUT2D eigenvalue weighted by molar-refractivity contribution is -0.158. The molecule has 0 radical (unpaired) electrons. The van der Waals surface area contributed by atoms with E-state index in [2.05, 4.69) is 26.0 Å². The van der Waals surface area contributed by atoms with Gasteiger partial charge in [0.05, 0.1) is 12.5 Å². The zero-order chi connectivity index (χ0) is 31.6. The molecule has 2 atom stereocenters. The lowest BCUT2D eigenvalue weighted by Crippen LogP contribution is -2.43. The molecule has 3 rings (SSSR count). The first kappa shape index (κ1) is 32.5. The maximum absolute atomic E-state index is 13.4. The van der Waals surface area contributed by atoms with Crippen LogP contribution in [0.15, 0.2) is 54.6 Å². The van der Waals surface area contributed by atoms with Gasteiger partial charge in [-0.15, -0.1) is 15.0 Å². The van der Waals surface area contributed by atoms with Gasteiger partial charge >= 0.3 is 11.9 Å². The highest BCUT2D eigenvalue weighted by atomic mass is 16.6. The van der Waals surface area contributed by atoms with Crippen molar-refractivity contribution in [2.45, 2.75) is 57.9 Å². The summed E-state index contributed by atoms with van der Waals surface area (Å²) in [6.07, 6.45) is -0.374. The quantitative estimate of drug-likeness (QED) is 0.190. The van der Waals surface area contributed by atoms with Crippen molar-refractivity contribution in [1.29, 1.82) is 0 Å². The van der Waals surface area contributed by atoms with Crippen molar-refractivity contribution in [3.05, 3.63) is 65.7 Å². The summed E-state index contributed by atoms with van der Waals surface area (Å²) in [6, 6.07) is 11.9. The molecule has 0 fully saturated rings. The smallest absolute Gasteiger partial charge is 0.341 e. The van der Waals surface area contributed by atoms with E-state index in [4.69, 9.17) is 15.2 Å². The zero-order valence-corrected chi connectivity index (χ0v) is 24.4. The summed E-state index contributed by atoms with van der Waals surface area (Å²) in [4.78, 5) is 63.7. The van der Waals surface area contributed by atoms with Crippen molar-refractivity contribution < 1.29 is 33.4 Å². The summed E-state index contributed by atoms with van der Waals surface area (Å²) >= 11 is 0. The van der Waals surface area contributed by atoms with Crippen LogP contribution in [-0.2, 0) is 35.3 Å². The molecule has 1 aromatic heterocycles. The number of nitrogens with one attached hydrogen (secondary N) is 2. The standard InChI is InChI=1S/C29H35N7O7/c1-29(2,3)43-23(38)16-21(30)25(39)24(28(41)42-17-18-9-6-5-7-10-18)36-34-26(33-35-36)19-11-8-12-20(15-19)27(40)32-14-13-22(37)31-4/h5-12,15,21,24H,13-14,16-17,30H2,1-4H3,(H,31,37)(H,32,40). The lowest BCUT2D eigenvalue weighted by atomic mass is 10.0. The number of nitrogens with two attached hydrogens (primary N) is 1. The number of esters is 2. The van der Waals surface area contributed by atoms with Crippen molar-refractivity contribution in [2.75, 3.05) is 13.6 Å². The Labute approximate surface area is 248 Å². The number of ether oxygens (including phenoxy) is 2. The Bertz CT molecular complexity index is 1450. The Morgan fingerprint density at radius 2 is 1.74 bits per heavy atom. The minimum Gasteiger partial charge on any atom is -0.460 e. The summed E-state index contributed by atoms with van der Waals surface area (Å²) < 4.78 is 10.6. The van der Waals surface area contributed by atoms with Crippen molar-refractivity contribution >= 4 is 29.5 Å². The van der Waals surface area contributed by atoms with Gasteiger partial charge in [-0.3, -0.25) is 19.2 Å². The minimum absolute atomic E-state index is 0.00869. The summed E-state index contributed by atoms with van der Waals surface area (Å²) in [5.41, 5.74) is 6.55. The highest BCUT2D eigenvalue weighted by Gasteiger charge is 2.37. The van der Waals surface area contributed by atoms with Crippen molar-refractivity contribution in [1.82, 2.24) is 30.8 Å². The third-order valence-electron chi connectivity index (χ3n) is 5.85. The first-order valence-corrected chi connectivity index (χ1v) is 13.5. The average Bonchev–Trinajstić information content (AvgIpc) is 3.45. The van der Waals surface area contributed by atoms with Gasteiger partial charge in [0, 0.05) is 31.1 Å². The van der Waals surface area contributed by atoms with E-state index in [1.54, 1.807) is 69.3 Å². The predicted octanol–water partition coefficient (Wildman–Crippen LogP) is 1.12. The highest BCUT2D eigenvalue weighted by Crippen LogP contribution is 2.19. The van der Waals surface area contributed by atoms with Crippen LogP contribution < -0.4 is 16.4 Å². The van der Waals surface area contributed by atoms with Crippen LogP contribution in [0.25, 0.3) is 11.4 Å². The van der Waals surface area contributed by atoms with Gasteiger partial charge in [-0.25, -0.2) is 4.79 Å². The Morgan fingerprint density at radius 3 is 2.42 bits per heavy atom. The van der Waals surface area contributed by atoms with Gasteiger partial charge in [-0.1, -0.05) is 42.5 Å². The number of Topliss-reactive ketones (excluding diaryl/α,β-unsaturated/α-hetero) is 1. The molecule has 14 heteroatoms. The van der Waals surface area contributed by atoms with Crippen LogP contribution in [0.5, 0.6) is 0 Å². The SMILES string of the molecule is CNC(=O)CCNC(=O)c1cccc(-c2nnn(C(C(=O)OCc3ccccc3)C(=O)C(N)CC(=O)OC(C)(C)C)n2)c1. The number of carbonyl (C=O) groups excluding carboxylic acids is 5. The van der Waals surface area contributed by atoms with Crippen molar-refractivity contribution in [3.8, 4) is 11.4 Å². The molecule has 0 aliphatic rings. The molecule has 0 aliphatic carbocycles. The molecule has 14 nitrogen and oxygen atoms in total. The summed E-state index contributed by atoms with van der Waals surface area (Å²) in [6.45, 7) is 5.02. The third kappa shape index (κ3) is 9.81. The van der Waals surface area contributed by atoms with Crippen molar-refractivity contribution in [3.63, 3.8) is 0 Å². The Balaban J connectivity index is 1.83. The van der Waals surface area contributed by atoms with E-state index in [0.717, 1.165) is 4.80 Å². The van der Waals surface area contributed by atoms with Crippen LogP contribution in [-0.4, -0.2) is 75.0 Å². The molecular weight excluding hydrogens is 558 g/mol. The fourth-order valence-corrected chi connectivity index (χ4v) is 3.76. The number of rotatable bonds is 13. The molecular formula is C29H35N7O7. The number of ketones is 1. The van der Waals surface area contributed by atoms with Crippen LogP contribution in [0.2, 0.25) is 0 Å². The molecule has 0 saturated heterocycles. The first-order valence-electron chi connectivity index (χ1n) is 13.5. The fourth-order valence-electron chi connectivity index (χ4n) is 3.76. The number of benzene rings is 2. The second kappa shape index (κ2) is 14.8. The molecule has 4 N–H and O–H groups in total. The largest absolute Gasteiger partial charge is 0.460 e. The molecule has 0 saturated carbocycles. The number of aromatic nitrogens is 4. The van der Waals surface area contributed by atoms with Gasteiger partial charge in [0.2, 0.25) is 17.8 Å². The monoisotopic (exact) mass is 593 g/mol. The molecule has 1 heterocycles. The van der Waals surface area contributed by atoms with Gasteiger partial charge in [-0.05, 0) is 43.7 Å². The van der Waals surface area contributed by atoms with Gasteiger partial charge in [0.25, 0.3) is 5.91 Å². The number of amides is 2. The van der Waals surface area contributed by atoms with Gasteiger partial charge in [0.1, 0.15) is 12.2 Å². The van der Waals surface area contributed by atoms with Crippen LogP contribution >= 0.6 is 0 Å². The van der Waals surface area contributed by atoms with E-state index in [9.17, 15) is 24.0 Å². The number of nitrogens with zero attached hydrogens (tertiary/aromatic N) is 4. The summed E-state index contributed by atoms with van der Waals surface area (Å²) in [5, 5.41) is 17.2. The van der Waals surface area contributed by atoms with Gasteiger partial charge < -0.3 is 25.8 Å². The van der Waals surface area contributed by atoms with E-state index in [1.807, 2.05) is 0 Å². The number of tetrazole rings is 1. The summed E-state index contributed by atoms with van der Waals surface area (Å²) in [5.74, 6) is -3.23. The second-order valence-corrected chi connectivity index (χ2v) is 10.5. The molecule has 0 bridgehead atoms. The molecule has 2 aromatic carbocycles. The van der Waals surface area contributed by atoms with Gasteiger partial charge in [-0.2, -0.15) is 0 Å². The van der Waals surface area contributed by atoms with Gasteiger partial charge in [0.15, 0.2) is 5.78 Å². The average molecular weight is 594 g/mol. The molecule has 2 unspecified atom stereocenters. The van der Waals surface area contributed by atoms with Crippen LogP contribution in [0.3, 0.4) is 0 Å². The Hall–Kier alpha value is -4.98. The van der Waals surface area contributed by atoms with E-state index >= 15 is 0 Å². The van der Waals surface area contributed by atoms with E-state index < -0.39 is 47.7 Å². The number of hydrogen-bond donors (Lipinski definition) is 3. The molecule has 2 amide bonds. The lowest BCUT2D eigenvalue weighted by Gasteiger charge is -2.21. The van der Waals surface area contributed by atoms with Crippen molar-refractivity contribution in [2.24, 2.45) is 5.73 Å². The molecule has 43 heavy (non-hydrogen) atoms.